The second-order valence-corrected chi connectivity index (χ2v) is 6.33. The number of rotatable bonds is 8. The van der Waals surface area contributed by atoms with Gasteiger partial charge in [-0.25, -0.2) is 9.98 Å². The van der Waals surface area contributed by atoms with Crippen LogP contribution >= 0.6 is 35.6 Å². The summed E-state index contributed by atoms with van der Waals surface area (Å²) >= 11 is 6.23. The summed E-state index contributed by atoms with van der Waals surface area (Å²) in [6.07, 6.45) is 2.69. The lowest BCUT2D eigenvalue weighted by molar-refractivity contribution is -0.119. The molecule has 0 aliphatic carbocycles. The van der Waals surface area contributed by atoms with Crippen LogP contribution in [0.5, 0.6) is 0 Å². The average molecular weight is 511 g/mol. The number of pyridine rings is 1. The van der Waals surface area contributed by atoms with E-state index in [1.807, 2.05) is 19.1 Å². The molecule has 8 nitrogen and oxygen atoms in total. The highest BCUT2D eigenvalue weighted by Crippen LogP contribution is 2.25. The van der Waals surface area contributed by atoms with Crippen molar-refractivity contribution in [3.8, 4) is 0 Å². The van der Waals surface area contributed by atoms with Gasteiger partial charge < -0.3 is 25.6 Å². The van der Waals surface area contributed by atoms with Crippen LogP contribution in [0, 0.1) is 0 Å². The second kappa shape index (κ2) is 12.9. The zero-order valence-corrected chi connectivity index (χ0v) is 18.8. The molecule has 0 aromatic carbocycles. The number of guanidine groups is 1. The van der Waals surface area contributed by atoms with Gasteiger partial charge in [-0.05, 0) is 25.5 Å². The van der Waals surface area contributed by atoms with Gasteiger partial charge in [-0.3, -0.25) is 4.79 Å². The number of hydrogen-bond donors (Lipinski definition) is 3. The SMILES string of the molecule is CCNC(=NCC(=O)NCCOC)NC1CCN(c2ncccc2Cl)C1.I. The van der Waals surface area contributed by atoms with Crippen molar-refractivity contribution in [1.82, 2.24) is 20.9 Å². The monoisotopic (exact) mass is 510 g/mol. The quantitative estimate of drug-likeness (QED) is 0.211. The van der Waals surface area contributed by atoms with Crippen molar-refractivity contribution < 1.29 is 9.53 Å². The summed E-state index contributed by atoms with van der Waals surface area (Å²) in [6.45, 7) is 5.40. The minimum atomic E-state index is -0.132. The van der Waals surface area contributed by atoms with Gasteiger partial charge in [0.1, 0.15) is 12.4 Å². The number of nitrogens with one attached hydrogen (secondary N) is 3. The number of halogens is 2. The summed E-state index contributed by atoms with van der Waals surface area (Å²) in [5.74, 6) is 1.30. The van der Waals surface area contributed by atoms with Gasteiger partial charge in [0.25, 0.3) is 0 Å². The zero-order valence-electron chi connectivity index (χ0n) is 15.7. The van der Waals surface area contributed by atoms with Crippen molar-refractivity contribution in [3.05, 3.63) is 23.4 Å². The molecule has 3 N–H and O–H groups in total. The molecule has 10 heteroatoms. The number of aliphatic imine (C=N–C) groups is 1. The number of hydrogen-bond acceptors (Lipinski definition) is 5. The summed E-state index contributed by atoms with van der Waals surface area (Å²) in [5.41, 5.74) is 0. The number of methoxy groups -OCH3 is 1. The Labute approximate surface area is 182 Å². The van der Waals surface area contributed by atoms with Crippen LogP contribution in [0.4, 0.5) is 5.82 Å². The largest absolute Gasteiger partial charge is 0.383 e. The van der Waals surface area contributed by atoms with Gasteiger partial charge in [-0.1, -0.05) is 11.6 Å². The van der Waals surface area contributed by atoms with Crippen LogP contribution < -0.4 is 20.9 Å². The van der Waals surface area contributed by atoms with Crippen molar-refractivity contribution in [2.24, 2.45) is 4.99 Å². The first-order valence-electron chi connectivity index (χ1n) is 8.80. The van der Waals surface area contributed by atoms with Gasteiger partial charge in [-0.2, -0.15) is 0 Å². The Kier molecular flexibility index (Phi) is 11.4. The third kappa shape index (κ3) is 8.06. The molecule has 1 atom stereocenters. The van der Waals surface area contributed by atoms with E-state index >= 15 is 0 Å². The van der Waals surface area contributed by atoms with Crippen molar-refractivity contribution in [2.45, 2.75) is 19.4 Å². The van der Waals surface area contributed by atoms with Crippen LogP contribution in [0.1, 0.15) is 13.3 Å². The first-order valence-corrected chi connectivity index (χ1v) is 9.17. The lowest BCUT2D eigenvalue weighted by atomic mass is 10.3. The Balaban J connectivity index is 0.00000364. The van der Waals surface area contributed by atoms with Crippen LogP contribution in [0.25, 0.3) is 0 Å². The maximum atomic E-state index is 11.8. The van der Waals surface area contributed by atoms with E-state index < -0.39 is 0 Å². The molecule has 2 rings (SSSR count). The molecule has 1 aromatic rings. The summed E-state index contributed by atoms with van der Waals surface area (Å²) in [6, 6.07) is 3.88. The molecule has 1 saturated heterocycles. The molecule has 0 radical (unpaired) electrons. The Morgan fingerprint density at radius 2 is 2.30 bits per heavy atom. The molecule has 1 aromatic heterocycles. The molecule has 0 bridgehead atoms. The number of amides is 1. The Morgan fingerprint density at radius 3 is 3.00 bits per heavy atom. The van der Waals surface area contributed by atoms with Crippen molar-refractivity contribution in [2.75, 3.05) is 51.3 Å². The fourth-order valence-electron chi connectivity index (χ4n) is 2.69. The van der Waals surface area contributed by atoms with Gasteiger partial charge in [0.15, 0.2) is 5.96 Å². The minimum absolute atomic E-state index is 0. The zero-order chi connectivity index (χ0) is 18.8. The topological polar surface area (TPSA) is 90.9 Å². The maximum absolute atomic E-state index is 11.8. The summed E-state index contributed by atoms with van der Waals surface area (Å²) < 4.78 is 4.91. The lowest BCUT2D eigenvalue weighted by Gasteiger charge is -2.20. The molecule has 0 saturated carbocycles. The van der Waals surface area contributed by atoms with Gasteiger partial charge in [0.05, 0.1) is 11.6 Å². The van der Waals surface area contributed by atoms with Crippen LogP contribution in [0.3, 0.4) is 0 Å². The van der Waals surface area contributed by atoms with E-state index in [0.717, 1.165) is 31.9 Å². The van der Waals surface area contributed by atoms with Crippen molar-refractivity contribution >= 4 is 53.3 Å². The normalized spacial score (nSPS) is 16.6. The van der Waals surface area contributed by atoms with Gasteiger partial charge in [0.2, 0.25) is 5.91 Å². The highest BCUT2D eigenvalue weighted by molar-refractivity contribution is 14.0. The van der Waals surface area contributed by atoms with Crippen molar-refractivity contribution in [3.63, 3.8) is 0 Å². The molecule has 1 aliphatic heterocycles. The fraction of sp³-hybridized carbons (Fsp3) is 0.588. The Morgan fingerprint density at radius 1 is 1.48 bits per heavy atom. The van der Waals surface area contributed by atoms with E-state index in [9.17, 15) is 4.79 Å². The summed E-state index contributed by atoms with van der Waals surface area (Å²) in [7, 11) is 1.60. The number of ether oxygens (including phenoxy) is 1. The molecule has 0 spiro atoms. The van der Waals surface area contributed by atoms with Gasteiger partial charge >= 0.3 is 0 Å². The van der Waals surface area contributed by atoms with Crippen LogP contribution in [-0.2, 0) is 9.53 Å². The predicted molar refractivity (Wildman–Crippen MR) is 119 cm³/mol. The first kappa shape index (κ1) is 23.7. The molecule has 1 aliphatic rings. The third-order valence-corrected chi connectivity index (χ3v) is 4.22. The van der Waals surface area contributed by atoms with E-state index in [1.54, 1.807) is 13.3 Å². The van der Waals surface area contributed by atoms with Crippen molar-refractivity contribution in [1.29, 1.82) is 0 Å². The lowest BCUT2D eigenvalue weighted by Crippen LogP contribution is -2.45. The van der Waals surface area contributed by atoms with Crippen LogP contribution in [0.2, 0.25) is 5.02 Å². The number of carbonyl (C=O) groups excluding carboxylic acids is 1. The maximum Gasteiger partial charge on any atom is 0.241 e. The predicted octanol–water partition coefficient (Wildman–Crippen LogP) is 1.25. The first-order chi connectivity index (χ1) is 12.6. The minimum Gasteiger partial charge on any atom is -0.383 e. The van der Waals surface area contributed by atoms with Crippen LogP contribution in [-0.4, -0.2) is 69.3 Å². The van der Waals surface area contributed by atoms with Crippen LogP contribution in [0.15, 0.2) is 23.3 Å². The average Bonchev–Trinajstić information content (AvgIpc) is 3.09. The molecular weight excluding hydrogens is 483 g/mol. The summed E-state index contributed by atoms with van der Waals surface area (Å²) in [4.78, 5) is 22.6. The number of aromatic nitrogens is 1. The standard InChI is InChI=1S/C17H27ClN6O2.HI/c1-3-19-17(22-11-15(25)20-8-10-26-2)23-13-6-9-24(12-13)16-14(18)5-4-7-21-16;/h4-5,7,13H,3,6,8-12H2,1-2H3,(H,20,25)(H2,19,22,23);1H. The van der Waals surface area contributed by atoms with Gasteiger partial charge in [-0.15, -0.1) is 24.0 Å². The molecule has 1 unspecified atom stereocenters. The smallest absolute Gasteiger partial charge is 0.241 e. The molecule has 152 valence electrons. The number of nitrogens with zero attached hydrogens (tertiary/aromatic N) is 3. The second-order valence-electron chi connectivity index (χ2n) is 5.92. The molecule has 1 fully saturated rings. The molecule has 27 heavy (non-hydrogen) atoms. The molecule has 2 heterocycles. The molecular formula is C17H28ClIN6O2. The highest BCUT2D eigenvalue weighted by Gasteiger charge is 2.25. The van der Waals surface area contributed by atoms with E-state index in [1.165, 1.54) is 0 Å². The third-order valence-electron chi connectivity index (χ3n) is 3.92. The van der Waals surface area contributed by atoms with E-state index in [4.69, 9.17) is 16.3 Å². The van der Waals surface area contributed by atoms with E-state index in [-0.39, 0.29) is 42.5 Å². The van der Waals surface area contributed by atoms with E-state index in [0.29, 0.717) is 24.1 Å². The highest BCUT2D eigenvalue weighted by atomic mass is 127. The summed E-state index contributed by atoms with van der Waals surface area (Å²) in [5, 5.41) is 9.96. The van der Waals surface area contributed by atoms with Gasteiger partial charge in [0, 0.05) is 45.5 Å². The molecule has 1 amide bonds. The number of carbonyl (C=O) groups is 1. The fourth-order valence-corrected chi connectivity index (χ4v) is 2.93. The Hall–Kier alpha value is -1.33. The Bertz CT molecular complexity index is 619. The van der Waals surface area contributed by atoms with E-state index in [2.05, 4.69) is 30.8 Å². The number of anilines is 1.